The standard InChI is InChI=1S/C18H25NO2/c19-12-11-18(20)16-9-6-10-17(13-16)21-14-15-7-4-2-1-3-5-8-15/h6,9-10,13,15,18,20H,1-5,7-8,11,14H2. The molecule has 3 nitrogen and oxygen atoms in total. The van der Waals surface area contributed by atoms with Gasteiger partial charge in [0.25, 0.3) is 0 Å². The van der Waals surface area contributed by atoms with E-state index < -0.39 is 6.10 Å². The van der Waals surface area contributed by atoms with Crippen LogP contribution >= 0.6 is 0 Å². The summed E-state index contributed by atoms with van der Waals surface area (Å²) < 4.78 is 5.92. The highest BCUT2D eigenvalue weighted by atomic mass is 16.5. The highest BCUT2D eigenvalue weighted by Gasteiger charge is 2.13. The van der Waals surface area contributed by atoms with Gasteiger partial charge in [0.05, 0.1) is 25.2 Å². The number of nitrogens with zero attached hydrogens (tertiary/aromatic N) is 1. The number of rotatable bonds is 5. The van der Waals surface area contributed by atoms with Crippen molar-refractivity contribution < 1.29 is 9.84 Å². The lowest BCUT2D eigenvalue weighted by atomic mass is 9.92. The van der Waals surface area contributed by atoms with Crippen LogP contribution in [0.2, 0.25) is 0 Å². The Morgan fingerprint density at radius 2 is 1.90 bits per heavy atom. The SMILES string of the molecule is N#CCC(O)c1cccc(OCC2CCCCCCC2)c1. The van der Waals surface area contributed by atoms with Gasteiger partial charge in [-0.1, -0.05) is 44.2 Å². The highest BCUT2D eigenvalue weighted by Crippen LogP contribution is 2.25. The fraction of sp³-hybridized carbons (Fsp3) is 0.611. The topological polar surface area (TPSA) is 53.2 Å². The van der Waals surface area contributed by atoms with Crippen LogP contribution < -0.4 is 4.74 Å². The first kappa shape index (κ1) is 15.9. The zero-order chi connectivity index (χ0) is 14.9. The number of ether oxygens (including phenoxy) is 1. The number of aliphatic hydroxyl groups is 1. The third-order valence-electron chi connectivity index (χ3n) is 4.24. The van der Waals surface area contributed by atoms with Crippen LogP contribution in [-0.4, -0.2) is 11.7 Å². The fourth-order valence-corrected chi connectivity index (χ4v) is 2.94. The first-order valence-corrected chi connectivity index (χ1v) is 8.07. The predicted octanol–water partition coefficient (Wildman–Crippen LogP) is 4.37. The molecule has 1 aromatic carbocycles. The van der Waals surface area contributed by atoms with Crippen molar-refractivity contribution >= 4 is 0 Å². The van der Waals surface area contributed by atoms with Gasteiger partial charge in [0.1, 0.15) is 5.75 Å². The molecule has 3 heteroatoms. The zero-order valence-corrected chi connectivity index (χ0v) is 12.6. The van der Waals surface area contributed by atoms with E-state index in [1.807, 2.05) is 30.3 Å². The van der Waals surface area contributed by atoms with Crippen molar-refractivity contribution in [2.45, 2.75) is 57.5 Å². The van der Waals surface area contributed by atoms with Gasteiger partial charge < -0.3 is 9.84 Å². The van der Waals surface area contributed by atoms with Crippen LogP contribution in [0.15, 0.2) is 24.3 Å². The van der Waals surface area contributed by atoms with E-state index >= 15 is 0 Å². The molecule has 1 unspecified atom stereocenters. The molecule has 1 aromatic rings. The van der Waals surface area contributed by atoms with Crippen LogP contribution in [0.4, 0.5) is 0 Å². The van der Waals surface area contributed by atoms with Crippen molar-refractivity contribution in [3.63, 3.8) is 0 Å². The molecule has 21 heavy (non-hydrogen) atoms. The lowest BCUT2D eigenvalue weighted by Crippen LogP contribution is -2.13. The lowest BCUT2D eigenvalue weighted by molar-refractivity contribution is 0.181. The summed E-state index contributed by atoms with van der Waals surface area (Å²) in [5, 5.41) is 18.5. The third kappa shape index (κ3) is 5.40. The number of benzene rings is 1. The highest BCUT2D eigenvalue weighted by molar-refractivity contribution is 5.30. The molecule has 0 saturated heterocycles. The van der Waals surface area contributed by atoms with E-state index in [-0.39, 0.29) is 6.42 Å². The molecule has 1 aliphatic rings. The minimum absolute atomic E-state index is 0.117. The molecular formula is C18H25NO2. The summed E-state index contributed by atoms with van der Waals surface area (Å²) in [4.78, 5) is 0. The molecule has 0 aliphatic heterocycles. The Labute approximate surface area is 127 Å². The molecule has 2 rings (SSSR count). The average Bonchev–Trinajstić information content (AvgIpc) is 2.47. The first-order valence-electron chi connectivity index (χ1n) is 8.07. The van der Waals surface area contributed by atoms with E-state index in [4.69, 9.17) is 10.00 Å². The second-order valence-electron chi connectivity index (χ2n) is 5.97. The van der Waals surface area contributed by atoms with Crippen LogP contribution in [0.1, 0.15) is 63.0 Å². The van der Waals surface area contributed by atoms with Gasteiger partial charge >= 0.3 is 0 Å². The van der Waals surface area contributed by atoms with Gasteiger partial charge in [-0.2, -0.15) is 5.26 Å². The molecule has 1 saturated carbocycles. The molecule has 0 amide bonds. The van der Waals surface area contributed by atoms with Crippen molar-refractivity contribution in [1.82, 2.24) is 0 Å². The molecule has 1 N–H and O–H groups in total. The fourth-order valence-electron chi connectivity index (χ4n) is 2.94. The summed E-state index contributed by atoms with van der Waals surface area (Å²) in [6.07, 6.45) is 8.63. The van der Waals surface area contributed by atoms with Crippen LogP contribution in [-0.2, 0) is 0 Å². The molecule has 0 heterocycles. The smallest absolute Gasteiger partial charge is 0.119 e. The van der Waals surface area contributed by atoms with Gasteiger partial charge in [-0.25, -0.2) is 0 Å². The molecule has 0 aromatic heterocycles. The van der Waals surface area contributed by atoms with Gasteiger partial charge in [0.15, 0.2) is 0 Å². The molecular weight excluding hydrogens is 262 g/mol. The van der Waals surface area contributed by atoms with Gasteiger partial charge in [0, 0.05) is 0 Å². The zero-order valence-electron chi connectivity index (χ0n) is 12.6. The molecule has 1 fully saturated rings. The minimum atomic E-state index is -0.722. The maximum Gasteiger partial charge on any atom is 0.119 e. The molecule has 114 valence electrons. The maximum atomic E-state index is 9.85. The van der Waals surface area contributed by atoms with Crippen LogP contribution in [0, 0.1) is 17.2 Å². The molecule has 0 bridgehead atoms. The van der Waals surface area contributed by atoms with E-state index in [0.29, 0.717) is 5.92 Å². The Morgan fingerprint density at radius 1 is 1.19 bits per heavy atom. The normalized spacial score (nSPS) is 18.3. The summed E-state index contributed by atoms with van der Waals surface area (Å²) in [7, 11) is 0. The number of hydrogen-bond donors (Lipinski definition) is 1. The first-order chi connectivity index (χ1) is 10.3. The van der Waals surface area contributed by atoms with Gasteiger partial charge in [-0.05, 0) is 36.5 Å². The predicted molar refractivity (Wildman–Crippen MR) is 82.9 cm³/mol. The van der Waals surface area contributed by atoms with Crippen LogP contribution in [0.25, 0.3) is 0 Å². The van der Waals surface area contributed by atoms with Gasteiger partial charge in [0.2, 0.25) is 0 Å². The van der Waals surface area contributed by atoms with E-state index in [9.17, 15) is 5.11 Å². The van der Waals surface area contributed by atoms with Crippen LogP contribution in [0.3, 0.4) is 0 Å². The van der Waals surface area contributed by atoms with Gasteiger partial charge in [-0.15, -0.1) is 0 Å². The van der Waals surface area contributed by atoms with Gasteiger partial charge in [-0.3, -0.25) is 0 Å². The Kier molecular flexibility index (Phi) is 6.56. The average molecular weight is 287 g/mol. The number of nitriles is 1. The Bertz CT molecular complexity index is 459. The second-order valence-corrected chi connectivity index (χ2v) is 5.97. The van der Waals surface area contributed by atoms with Crippen molar-refractivity contribution in [1.29, 1.82) is 5.26 Å². The van der Waals surface area contributed by atoms with Crippen LogP contribution in [0.5, 0.6) is 5.75 Å². The largest absolute Gasteiger partial charge is 0.493 e. The monoisotopic (exact) mass is 287 g/mol. The Balaban J connectivity index is 1.87. The molecule has 0 spiro atoms. The van der Waals surface area contributed by atoms with E-state index in [1.165, 1.54) is 44.9 Å². The summed E-state index contributed by atoms with van der Waals surface area (Å²) in [6.45, 7) is 0.762. The second kappa shape index (κ2) is 8.69. The van der Waals surface area contributed by atoms with Crippen molar-refractivity contribution in [2.75, 3.05) is 6.61 Å². The van der Waals surface area contributed by atoms with Crippen molar-refractivity contribution in [3.05, 3.63) is 29.8 Å². The van der Waals surface area contributed by atoms with Crippen molar-refractivity contribution in [2.24, 2.45) is 5.92 Å². The summed E-state index contributed by atoms with van der Waals surface area (Å²) >= 11 is 0. The Hall–Kier alpha value is -1.53. The molecule has 0 radical (unpaired) electrons. The number of hydrogen-bond acceptors (Lipinski definition) is 3. The summed E-state index contributed by atoms with van der Waals surface area (Å²) in [5.74, 6) is 1.45. The van der Waals surface area contributed by atoms with E-state index in [1.54, 1.807) is 0 Å². The maximum absolute atomic E-state index is 9.85. The Morgan fingerprint density at radius 3 is 2.62 bits per heavy atom. The molecule has 1 aliphatic carbocycles. The number of aliphatic hydroxyl groups excluding tert-OH is 1. The molecule has 1 atom stereocenters. The third-order valence-corrected chi connectivity index (χ3v) is 4.24. The van der Waals surface area contributed by atoms with E-state index in [0.717, 1.165) is 17.9 Å². The summed E-state index contributed by atoms with van der Waals surface area (Å²) in [6, 6.07) is 9.48. The van der Waals surface area contributed by atoms with Crippen molar-refractivity contribution in [3.8, 4) is 11.8 Å². The summed E-state index contributed by atoms with van der Waals surface area (Å²) in [5.41, 5.74) is 0.756. The lowest BCUT2D eigenvalue weighted by Gasteiger charge is -2.20. The minimum Gasteiger partial charge on any atom is -0.493 e. The quantitative estimate of drug-likeness (QED) is 0.874. The van der Waals surface area contributed by atoms with E-state index in [2.05, 4.69) is 0 Å².